The number of benzene rings is 1. The lowest BCUT2D eigenvalue weighted by atomic mass is 10.2. The van der Waals surface area contributed by atoms with Gasteiger partial charge < -0.3 is 0 Å². The normalized spacial score (nSPS) is 19.1. The molecule has 1 aliphatic rings. The van der Waals surface area contributed by atoms with E-state index >= 15 is 0 Å². The molecule has 1 unspecified atom stereocenters. The van der Waals surface area contributed by atoms with Crippen molar-refractivity contribution in [1.82, 2.24) is 14.6 Å². The van der Waals surface area contributed by atoms with Gasteiger partial charge in [0.2, 0.25) is 10.0 Å². The summed E-state index contributed by atoms with van der Waals surface area (Å²) in [4.78, 5) is 6.22. The van der Waals surface area contributed by atoms with E-state index in [0.717, 1.165) is 19.5 Å². The van der Waals surface area contributed by atoms with Crippen molar-refractivity contribution in [3.63, 3.8) is 0 Å². The number of rotatable bonds is 5. The minimum atomic E-state index is -3.55. The third-order valence-corrected chi connectivity index (χ3v) is 5.58. The third kappa shape index (κ3) is 4.29. The van der Waals surface area contributed by atoms with E-state index in [4.69, 9.17) is 11.6 Å². The lowest BCUT2D eigenvalue weighted by Gasteiger charge is -2.17. The van der Waals surface area contributed by atoms with E-state index in [1.165, 1.54) is 23.9 Å². The van der Waals surface area contributed by atoms with Crippen LogP contribution in [0.5, 0.6) is 0 Å². The molecule has 5 nitrogen and oxygen atoms in total. The number of sulfonamides is 1. The van der Waals surface area contributed by atoms with E-state index in [-0.39, 0.29) is 16.1 Å². The summed E-state index contributed by atoms with van der Waals surface area (Å²) >= 11 is 5.70. The molecule has 1 aliphatic heterocycles. The Bertz CT molecular complexity index is 751. The van der Waals surface area contributed by atoms with Crippen LogP contribution in [0.3, 0.4) is 0 Å². The molecule has 0 spiro atoms. The number of hydrogen-bond acceptors (Lipinski definition) is 4. The first-order chi connectivity index (χ1) is 11.0. The van der Waals surface area contributed by atoms with Gasteiger partial charge in [0.05, 0.1) is 0 Å². The van der Waals surface area contributed by atoms with Gasteiger partial charge in [-0.15, -0.1) is 0 Å². The summed E-state index contributed by atoms with van der Waals surface area (Å²) in [5, 5.41) is 0.277. The largest absolute Gasteiger partial charge is 0.297 e. The second-order valence-electron chi connectivity index (χ2n) is 5.64. The Morgan fingerprint density at radius 2 is 2.00 bits per heavy atom. The van der Waals surface area contributed by atoms with Crippen LogP contribution in [0.1, 0.15) is 12.0 Å². The molecule has 7 heteroatoms. The van der Waals surface area contributed by atoms with Crippen LogP contribution in [-0.4, -0.2) is 37.4 Å². The molecule has 1 saturated heterocycles. The average molecular weight is 352 g/mol. The molecule has 122 valence electrons. The molecule has 3 rings (SSSR count). The van der Waals surface area contributed by atoms with Gasteiger partial charge in [0, 0.05) is 31.9 Å². The summed E-state index contributed by atoms with van der Waals surface area (Å²) < 4.78 is 27.5. The highest BCUT2D eigenvalue weighted by molar-refractivity contribution is 7.89. The number of pyridine rings is 1. The van der Waals surface area contributed by atoms with Gasteiger partial charge in [0.1, 0.15) is 10.0 Å². The van der Waals surface area contributed by atoms with E-state index in [0.29, 0.717) is 6.54 Å². The number of hydrogen-bond donors (Lipinski definition) is 1. The predicted molar refractivity (Wildman–Crippen MR) is 89.7 cm³/mol. The predicted octanol–water partition coefficient (Wildman–Crippen LogP) is 2.29. The van der Waals surface area contributed by atoms with E-state index < -0.39 is 10.0 Å². The molecule has 2 aromatic rings. The zero-order chi connectivity index (χ0) is 16.3. The number of likely N-dealkylation sites (tertiary alicyclic amines) is 1. The number of aromatic nitrogens is 1. The fourth-order valence-electron chi connectivity index (χ4n) is 2.72. The molecule has 23 heavy (non-hydrogen) atoms. The number of nitrogens with one attached hydrogen (secondary N) is 1. The van der Waals surface area contributed by atoms with Gasteiger partial charge >= 0.3 is 0 Å². The highest BCUT2D eigenvalue weighted by Crippen LogP contribution is 2.17. The molecule has 1 aromatic heterocycles. The summed E-state index contributed by atoms with van der Waals surface area (Å²) in [7, 11) is -3.55. The van der Waals surface area contributed by atoms with Gasteiger partial charge in [0.15, 0.2) is 0 Å². The van der Waals surface area contributed by atoms with Crippen molar-refractivity contribution in [3.8, 4) is 0 Å². The Morgan fingerprint density at radius 3 is 2.70 bits per heavy atom. The zero-order valence-corrected chi connectivity index (χ0v) is 14.1. The van der Waals surface area contributed by atoms with Crippen LogP contribution in [0.25, 0.3) is 0 Å². The summed E-state index contributed by atoms with van der Waals surface area (Å²) in [5.74, 6) is 0. The van der Waals surface area contributed by atoms with Gasteiger partial charge in [-0.25, -0.2) is 18.1 Å². The van der Waals surface area contributed by atoms with Gasteiger partial charge in [-0.05, 0) is 24.1 Å². The second-order valence-corrected chi connectivity index (χ2v) is 7.75. The van der Waals surface area contributed by atoms with Crippen LogP contribution in [0.15, 0.2) is 53.6 Å². The molecule has 1 N–H and O–H groups in total. The van der Waals surface area contributed by atoms with Crippen molar-refractivity contribution in [1.29, 1.82) is 0 Å². The fourth-order valence-corrected chi connectivity index (χ4v) is 4.04. The summed E-state index contributed by atoms with van der Waals surface area (Å²) in [6, 6.07) is 13.0. The molecule has 0 bridgehead atoms. The van der Waals surface area contributed by atoms with Crippen molar-refractivity contribution < 1.29 is 8.42 Å². The van der Waals surface area contributed by atoms with Crippen LogP contribution in [0.4, 0.5) is 0 Å². The van der Waals surface area contributed by atoms with Crippen LogP contribution < -0.4 is 4.72 Å². The molecule has 2 heterocycles. The Morgan fingerprint density at radius 1 is 1.22 bits per heavy atom. The Balaban J connectivity index is 1.60. The van der Waals surface area contributed by atoms with E-state index in [1.54, 1.807) is 0 Å². The van der Waals surface area contributed by atoms with Crippen molar-refractivity contribution in [2.24, 2.45) is 0 Å². The van der Waals surface area contributed by atoms with Gasteiger partial charge in [-0.3, -0.25) is 4.90 Å². The smallest absolute Gasteiger partial charge is 0.242 e. The maximum absolute atomic E-state index is 12.4. The van der Waals surface area contributed by atoms with Gasteiger partial charge in [-0.1, -0.05) is 41.9 Å². The molecule has 1 atom stereocenters. The topological polar surface area (TPSA) is 62.3 Å². The fraction of sp³-hybridized carbons (Fsp3) is 0.312. The van der Waals surface area contributed by atoms with Crippen molar-refractivity contribution in [3.05, 3.63) is 59.4 Å². The lowest BCUT2D eigenvalue weighted by Crippen LogP contribution is -2.37. The highest BCUT2D eigenvalue weighted by Gasteiger charge is 2.27. The summed E-state index contributed by atoms with van der Waals surface area (Å²) in [5.41, 5.74) is 1.23. The minimum Gasteiger partial charge on any atom is -0.297 e. The molecule has 1 fully saturated rings. The first-order valence-corrected chi connectivity index (χ1v) is 9.29. The van der Waals surface area contributed by atoms with Crippen molar-refractivity contribution in [2.45, 2.75) is 23.9 Å². The van der Waals surface area contributed by atoms with E-state index in [2.05, 4.69) is 26.7 Å². The van der Waals surface area contributed by atoms with Crippen molar-refractivity contribution >= 4 is 21.6 Å². The number of halogens is 1. The van der Waals surface area contributed by atoms with Gasteiger partial charge in [0.25, 0.3) is 0 Å². The summed E-state index contributed by atoms with van der Waals surface area (Å²) in [6.07, 6.45) is 2.08. The SMILES string of the molecule is O=S(=O)(NC1CCN(Cc2ccccc2)C1)c1ccc(Cl)nc1. The maximum Gasteiger partial charge on any atom is 0.242 e. The lowest BCUT2D eigenvalue weighted by molar-refractivity contribution is 0.324. The van der Waals surface area contributed by atoms with Gasteiger partial charge in [-0.2, -0.15) is 0 Å². The average Bonchev–Trinajstić information content (AvgIpc) is 2.95. The van der Waals surface area contributed by atoms with Crippen molar-refractivity contribution in [2.75, 3.05) is 13.1 Å². The zero-order valence-electron chi connectivity index (χ0n) is 12.5. The van der Waals surface area contributed by atoms with Crippen LogP contribution in [0.2, 0.25) is 5.15 Å². The Kier molecular flexibility index (Phi) is 4.96. The van der Waals surface area contributed by atoms with Crippen LogP contribution in [-0.2, 0) is 16.6 Å². The molecule has 0 saturated carbocycles. The first-order valence-electron chi connectivity index (χ1n) is 7.43. The quantitative estimate of drug-likeness (QED) is 0.839. The third-order valence-electron chi connectivity index (χ3n) is 3.85. The summed E-state index contributed by atoms with van der Waals surface area (Å²) in [6.45, 7) is 2.41. The Labute approximate surface area is 141 Å². The molecular weight excluding hydrogens is 334 g/mol. The van der Waals surface area contributed by atoms with E-state index in [9.17, 15) is 8.42 Å². The first kappa shape index (κ1) is 16.4. The maximum atomic E-state index is 12.4. The molecule has 0 aliphatic carbocycles. The Hall–Kier alpha value is -1.47. The second kappa shape index (κ2) is 6.97. The molecule has 0 radical (unpaired) electrons. The highest BCUT2D eigenvalue weighted by atomic mass is 35.5. The molecule has 1 aromatic carbocycles. The molecular formula is C16H18ClN3O2S. The standard InChI is InChI=1S/C16H18ClN3O2S/c17-16-7-6-15(10-18-16)23(21,22)19-14-8-9-20(12-14)11-13-4-2-1-3-5-13/h1-7,10,14,19H,8-9,11-12H2. The number of nitrogens with zero attached hydrogens (tertiary/aromatic N) is 2. The van der Waals surface area contributed by atoms with E-state index in [1.807, 2.05) is 18.2 Å². The minimum absolute atomic E-state index is 0.0839. The molecule has 0 amide bonds. The van der Waals surface area contributed by atoms with Crippen LogP contribution in [0, 0.1) is 0 Å². The monoisotopic (exact) mass is 351 g/mol. The van der Waals surface area contributed by atoms with Crippen LogP contribution >= 0.6 is 11.6 Å².